The maximum Gasteiger partial charge on any atom is 0.304 e. The molecule has 0 aromatic heterocycles. The van der Waals surface area contributed by atoms with E-state index in [2.05, 4.69) is 12.2 Å². The zero-order chi connectivity index (χ0) is 14.3. The molecule has 5 nitrogen and oxygen atoms in total. The van der Waals surface area contributed by atoms with E-state index in [0.29, 0.717) is 18.7 Å². The van der Waals surface area contributed by atoms with Crippen LogP contribution in [-0.2, 0) is 11.3 Å². The van der Waals surface area contributed by atoms with Crippen molar-refractivity contribution in [2.24, 2.45) is 0 Å². The van der Waals surface area contributed by atoms with E-state index < -0.39 is 16.4 Å². The Bertz CT molecular complexity index is 420. The molecule has 0 amide bonds. The van der Waals surface area contributed by atoms with Crippen molar-refractivity contribution in [1.29, 1.82) is 0 Å². The molecule has 1 aromatic carbocycles. The van der Waals surface area contributed by atoms with E-state index in [-0.39, 0.29) is 6.04 Å². The number of benzene rings is 1. The molecule has 0 aliphatic rings. The van der Waals surface area contributed by atoms with Crippen molar-refractivity contribution in [3.63, 3.8) is 0 Å². The summed E-state index contributed by atoms with van der Waals surface area (Å²) in [7, 11) is 1.63. The fourth-order valence-corrected chi connectivity index (χ4v) is 1.86. The Labute approximate surface area is 111 Å². The predicted molar refractivity (Wildman–Crippen MR) is 70.5 cm³/mol. The summed E-state index contributed by atoms with van der Waals surface area (Å²) in [6.07, 6.45) is 1.99. The van der Waals surface area contributed by atoms with Crippen LogP contribution < -0.4 is 5.32 Å². The van der Waals surface area contributed by atoms with Gasteiger partial charge in [-0.25, -0.2) is 0 Å². The van der Waals surface area contributed by atoms with Crippen LogP contribution >= 0.6 is 0 Å². The van der Waals surface area contributed by atoms with E-state index in [9.17, 15) is 14.5 Å². The lowest BCUT2D eigenvalue weighted by Crippen LogP contribution is -2.32. The number of nitro benzene ring substituents is 1. The number of nitro groups is 1. The summed E-state index contributed by atoms with van der Waals surface area (Å²) >= 11 is 0. The van der Waals surface area contributed by atoms with Gasteiger partial charge < -0.3 is 10.1 Å². The van der Waals surface area contributed by atoms with E-state index in [4.69, 9.17) is 4.74 Å². The Morgan fingerprint density at radius 2 is 2.26 bits per heavy atom. The van der Waals surface area contributed by atoms with Gasteiger partial charge in [-0.05, 0) is 18.1 Å². The van der Waals surface area contributed by atoms with E-state index in [1.54, 1.807) is 13.2 Å². The molecule has 1 aromatic rings. The first-order valence-electron chi connectivity index (χ1n) is 6.23. The molecule has 0 bridgehead atoms. The predicted octanol–water partition coefficient (Wildman–Crippen LogP) is 2.64. The fraction of sp³-hybridized carbons (Fsp3) is 0.538. The molecule has 0 aliphatic carbocycles. The lowest BCUT2D eigenvalue weighted by atomic mass is 10.1. The molecule has 0 radical (unpaired) electrons. The van der Waals surface area contributed by atoms with E-state index in [1.165, 1.54) is 12.1 Å². The molecule has 1 rings (SSSR count). The van der Waals surface area contributed by atoms with Crippen molar-refractivity contribution < 1.29 is 14.1 Å². The first-order valence-corrected chi connectivity index (χ1v) is 6.23. The van der Waals surface area contributed by atoms with E-state index in [1.807, 2.05) is 0 Å². The van der Waals surface area contributed by atoms with Crippen molar-refractivity contribution in [2.75, 3.05) is 13.7 Å². The second-order valence-corrected chi connectivity index (χ2v) is 4.36. The minimum absolute atomic E-state index is 0.202. The maximum atomic E-state index is 13.4. The minimum Gasteiger partial charge on any atom is -0.383 e. The summed E-state index contributed by atoms with van der Waals surface area (Å²) in [5, 5.41) is 13.8. The average Bonchev–Trinajstić information content (AvgIpc) is 2.36. The molecular weight excluding hydrogens is 251 g/mol. The molecule has 1 N–H and O–H groups in total. The second-order valence-electron chi connectivity index (χ2n) is 4.36. The Kier molecular flexibility index (Phi) is 6.38. The van der Waals surface area contributed by atoms with Gasteiger partial charge in [0.1, 0.15) is 0 Å². The topological polar surface area (TPSA) is 64.4 Å². The molecule has 0 spiro atoms. The van der Waals surface area contributed by atoms with E-state index >= 15 is 0 Å². The zero-order valence-electron chi connectivity index (χ0n) is 11.2. The van der Waals surface area contributed by atoms with Gasteiger partial charge in [0.2, 0.25) is 5.82 Å². The number of nitrogens with one attached hydrogen (secondary N) is 1. The van der Waals surface area contributed by atoms with Crippen LogP contribution in [0.2, 0.25) is 0 Å². The van der Waals surface area contributed by atoms with Gasteiger partial charge in [0.25, 0.3) is 0 Å². The van der Waals surface area contributed by atoms with Gasteiger partial charge in [-0.2, -0.15) is 4.39 Å². The molecule has 0 saturated heterocycles. The lowest BCUT2D eigenvalue weighted by molar-refractivity contribution is -0.387. The van der Waals surface area contributed by atoms with Crippen LogP contribution in [-0.4, -0.2) is 24.7 Å². The highest BCUT2D eigenvalue weighted by atomic mass is 19.1. The van der Waals surface area contributed by atoms with Crippen molar-refractivity contribution >= 4 is 5.69 Å². The summed E-state index contributed by atoms with van der Waals surface area (Å²) in [5.74, 6) is -0.803. The Morgan fingerprint density at radius 3 is 2.79 bits per heavy atom. The van der Waals surface area contributed by atoms with Crippen LogP contribution in [0.25, 0.3) is 0 Å². The van der Waals surface area contributed by atoms with Crippen LogP contribution in [0.4, 0.5) is 10.1 Å². The Hall–Kier alpha value is -1.53. The number of methoxy groups -OCH3 is 1. The van der Waals surface area contributed by atoms with Crippen LogP contribution in [0.15, 0.2) is 18.2 Å². The monoisotopic (exact) mass is 270 g/mol. The van der Waals surface area contributed by atoms with Crippen molar-refractivity contribution in [2.45, 2.75) is 32.4 Å². The molecule has 0 fully saturated rings. The fourth-order valence-electron chi connectivity index (χ4n) is 1.86. The summed E-state index contributed by atoms with van der Waals surface area (Å²) in [4.78, 5) is 9.78. The Balaban J connectivity index is 2.62. The molecule has 0 saturated carbocycles. The SMILES string of the molecule is CCCC(COC)NCc1ccc([N+](=O)[O-])c(F)c1. The summed E-state index contributed by atoms with van der Waals surface area (Å²) in [6, 6.07) is 4.15. The summed E-state index contributed by atoms with van der Waals surface area (Å²) < 4.78 is 18.5. The number of rotatable bonds is 8. The molecule has 106 valence electrons. The third-order valence-electron chi connectivity index (χ3n) is 2.81. The van der Waals surface area contributed by atoms with Crippen LogP contribution in [0.5, 0.6) is 0 Å². The molecule has 6 heteroatoms. The summed E-state index contributed by atoms with van der Waals surface area (Å²) in [6.45, 7) is 3.13. The highest BCUT2D eigenvalue weighted by Crippen LogP contribution is 2.18. The highest BCUT2D eigenvalue weighted by Gasteiger charge is 2.14. The lowest BCUT2D eigenvalue weighted by Gasteiger charge is -2.17. The van der Waals surface area contributed by atoms with Crippen LogP contribution in [0.3, 0.4) is 0 Å². The number of nitrogens with zero attached hydrogens (tertiary/aromatic N) is 1. The largest absolute Gasteiger partial charge is 0.383 e. The van der Waals surface area contributed by atoms with E-state index in [0.717, 1.165) is 12.8 Å². The first-order chi connectivity index (χ1) is 9.08. The smallest absolute Gasteiger partial charge is 0.304 e. The van der Waals surface area contributed by atoms with Gasteiger partial charge in [0.05, 0.1) is 11.5 Å². The van der Waals surface area contributed by atoms with Crippen molar-refractivity contribution in [3.05, 3.63) is 39.7 Å². The Morgan fingerprint density at radius 1 is 1.53 bits per heavy atom. The standard InChI is InChI=1S/C13H19FN2O3/c1-3-4-11(9-19-2)15-8-10-5-6-13(16(17)18)12(14)7-10/h5-7,11,15H,3-4,8-9H2,1-2H3. The zero-order valence-corrected chi connectivity index (χ0v) is 11.2. The normalized spacial score (nSPS) is 12.4. The number of hydrogen-bond donors (Lipinski definition) is 1. The molecule has 1 atom stereocenters. The third kappa shape index (κ3) is 4.92. The van der Waals surface area contributed by atoms with Gasteiger partial charge in [0.15, 0.2) is 0 Å². The quantitative estimate of drug-likeness (QED) is 0.582. The van der Waals surface area contributed by atoms with Gasteiger partial charge in [-0.1, -0.05) is 19.4 Å². The third-order valence-corrected chi connectivity index (χ3v) is 2.81. The van der Waals surface area contributed by atoms with Gasteiger partial charge >= 0.3 is 5.69 Å². The molecule has 0 aliphatic heterocycles. The second kappa shape index (κ2) is 7.81. The number of halogens is 1. The number of ether oxygens (including phenoxy) is 1. The van der Waals surface area contributed by atoms with Gasteiger partial charge in [-0.15, -0.1) is 0 Å². The number of hydrogen-bond acceptors (Lipinski definition) is 4. The average molecular weight is 270 g/mol. The first kappa shape index (κ1) is 15.5. The maximum absolute atomic E-state index is 13.4. The highest BCUT2D eigenvalue weighted by molar-refractivity contribution is 5.34. The van der Waals surface area contributed by atoms with Gasteiger partial charge in [0, 0.05) is 25.8 Å². The molecular formula is C13H19FN2O3. The van der Waals surface area contributed by atoms with Crippen molar-refractivity contribution in [1.82, 2.24) is 5.32 Å². The molecule has 1 unspecified atom stereocenters. The van der Waals surface area contributed by atoms with Gasteiger partial charge in [-0.3, -0.25) is 10.1 Å². The van der Waals surface area contributed by atoms with Crippen LogP contribution in [0, 0.1) is 15.9 Å². The van der Waals surface area contributed by atoms with Crippen molar-refractivity contribution in [3.8, 4) is 0 Å². The minimum atomic E-state index is -0.803. The summed E-state index contributed by atoms with van der Waals surface area (Å²) in [5.41, 5.74) is 0.186. The molecule has 0 heterocycles. The molecule has 19 heavy (non-hydrogen) atoms. The van der Waals surface area contributed by atoms with Crippen LogP contribution in [0.1, 0.15) is 25.3 Å².